The molecule has 0 radical (unpaired) electrons. The first-order valence-electron chi connectivity index (χ1n) is 7.08. The lowest BCUT2D eigenvalue weighted by Crippen LogP contribution is -2.23. The Morgan fingerprint density at radius 1 is 1.14 bits per heavy atom. The van der Waals surface area contributed by atoms with E-state index in [0.29, 0.717) is 12.5 Å². The molecular formula is C17H19NO3. The molecule has 0 N–H and O–H groups in total. The lowest BCUT2D eigenvalue weighted by atomic mass is 9.92. The molecule has 0 spiro atoms. The molecule has 1 atom stereocenters. The summed E-state index contributed by atoms with van der Waals surface area (Å²) in [6, 6.07) is 9.87. The normalized spacial score (nSPS) is 16.8. The Morgan fingerprint density at radius 2 is 1.95 bits per heavy atom. The van der Waals surface area contributed by atoms with E-state index < -0.39 is 0 Å². The third-order valence-corrected chi connectivity index (χ3v) is 3.80. The molecule has 2 heterocycles. The Bertz CT molecular complexity index is 627. The van der Waals surface area contributed by atoms with Crippen molar-refractivity contribution in [3.63, 3.8) is 0 Å². The van der Waals surface area contributed by atoms with Crippen LogP contribution in [0.5, 0.6) is 17.2 Å². The summed E-state index contributed by atoms with van der Waals surface area (Å²) in [7, 11) is 3.35. The SMILES string of the molecule is COc1cccnc1C[C@@H]1COc2c(cccc2OC)C1. The molecule has 0 amide bonds. The van der Waals surface area contributed by atoms with Gasteiger partial charge in [0.2, 0.25) is 0 Å². The summed E-state index contributed by atoms with van der Waals surface area (Å²) in [4.78, 5) is 4.43. The molecule has 0 fully saturated rings. The summed E-state index contributed by atoms with van der Waals surface area (Å²) in [6.45, 7) is 0.674. The van der Waals surface area contributed by atoms with Gasteiger partial charge in [0.05, 0.1) is 26.5 Å². The summed E-state index contributed by atoms with van der Waals surface area (Å²) < 4.78 is 16.6. The van der Waals surface area contributed by atoms with Crippen LogP contribution in [0.2, 0.25) is 0 Å². The highest BCUT2D eigenvalue weighted by molar-refractivity contribution is 5.47. The van der Waals surface area contributed by atoms with Crippen LogP contribution in [-0.4, -0.2) is 25.8 Å². The summed E-state index contributed by atoms with van der Waals surface area (Å²) in [5.41, 5.74) is 2.18. The van der Waals surface area contributed by atoms with Crippen molar-refractivity contribution in [1.29, 1.82) is 0 Å². The zero-order valence-corrected chi connectivity index (χ0v) is 12.3. The molecule has 1 aliphatic heterocycles. The maximum atomic E-state index is 5.91. The zero-order chi connectivity index (χ0) is 14.7. The summed E-state index contributed by atoms with van der Waals surface area (Å²) >= 11 is 0. The number of hydrogen-bond acceptors (Lipinski definition) is 4. The van der Waals surface area contributed by atoms with Crippen LogP contribution in [0.1, 0.15) is 11.3 Å². The van der Waals surface area contributed by atoms with Crippen molar-refractivity contribution in [1.82, 2.24) is 4.98 Å². The van der Waals surface area contributed by atoms with Crippen LogP contribution in [-0.2, 0) is 12.8 Å². The van der Waals surface area contributed by atoms with Crippen LogP contribution >= 0.6 is 0 Å². The summed E-state index contributed by atoms with van der Waals surface area (Å²) in [5, 5.41) is 0. The van der Waals surface area contributed by atoms with Crippen LogP contribution in [0.4, 0.5) is 0 Å². The first-order chi connectivity index (χ1) is 10.3. The van der Waals surface area contributed by atoms with E-state index in [4.69, 9.17) is 14.2 Å². The van der Waals surface area contributed by atoms with Gasteiger partial charge in [-0.2, -0.15) is 0 Å². The van der Waals surface area contributed by atoms with E-state index in [-0.39, 0.29) is 0 Å². The Morgan fingerprint density at radius 3 is 2.76 bits per heavy atom. The molecule has 21 heavy (non-hydrogen) atoms. The maximum absolute atomic E-state index is 5.91. The van der Waals surface area contributed by atoms with Gasteiger partial charge in [-0.25, -0.2) is 0 Å². The number of fused-ring (bicyclic) bond motifs is 1. The molecule has 1 aromatic heterocycles. The Hall–Kier alpha value is -2.23. The van der Waals surface area contributed by atoms with E-state index >= 15 is 0 Å². The summed E-state index contributed by atoms with van der Waals surface area (Å²) in [5.74, 6) is 2.92. The van der Waals surface area contributed by atoms with Gasteiger partial charge in [-0.15, -0.1) is 0 Å². The van der Waals surface area contributed by atoms with Crippen LogP contribution < -0.4 is 14.2 Å². The number of methoxy groups -OCH3 is 2. The third kappa shape index (κ3) is 2.79. The van der Waals surface area contributed by atoms with E-state index in [0.717, 1.165) is 35.8 Å². The van der Waals surface area contributed by atoms with Gasteiger partial charge < -0.3 is 14.2 Å². The largest absolute Gasteiger partial charge is 0.495 e. The molecule has 3 rings (SSSR count). The second-order valence-corrected chi connectivity index (χ2v) is 5.19. The number of ether oxygens (including phenoxy) is 3. The molecule has 0 aliphatic carbocycles. The lowest BCUT2D eigenvalue weighted by Gasteiger charge is -2.26. The van der Waals surface area contributed by atoms with E-state index in [1.54, 1.807) is 20.4 Å². The Labute approximate surface area is 124 Å². The van der Waals surface area contributed by atoms with Gasteiger partial charge in [0.25, 0.3) is 0 Å². The molecule has 1 aromatic carbocycles. The fourth-order valence-electron chi connectivity index (χ4n) is 2.78. The topological polar surface area (TPSA) is 40.6 Å². The van der Waals surface area contributed by atoms with Crippen LogP contribution in [0.15, 0.2) is 36.5 Å². The first-order valence-corrected chi connectivity index (χ1v) is 7.08. The molecule has 4 heteroatoms. The first kappa shape index (κ1) is 13.7. The molecule has 110 valence electrons. The highest BCUT2D eigenvalue weighted by Crippen LogP contribution is 2.37. The van der Waals surface area contributed by atoms with Gasteiger partial charge in [0, 0.05) is 12.1 Å². The van der Waals surface area contributed by atoms with Gasteiger partial charge in [-0.1, -0.05) is 12.1 Å². The predicted octanol–water partition coefficient (Wildman–Crippen LogP) is 2.89. The van der Waals surface area contributed by atoms with Crippen molar-refractivity contribution in [2.24, 2.45) is 5.92 Å². The van der Waals surface area contributed by atoms with Gasteiger partial charge in [0.1, 0.15) is 5.75 Å². The van der Waals surface area contributed by atoms with Gasteiger partial charge in [0.15, 0.2) is 11.5 Å². The number of hydrogen-bond donors (Lipinski definition) is 0. The van der Waals surface area contributed by atoms with Crippen molar-refractivity contribution in [2.45, 2.75) is 12.8 Å². The molecule has 0 saturated heterocycles. The molecule has 0 saturated carbocycles. The molecule has 2 aromatic rings. The summed E-state index contributed by atoms with van der Waals surface area (Å²) in [6.07, 6.45) is 3.62. The van der Waals surface area contributed by atoms with Crippen molar-refractivity contribution in [2.75, 3.05) is 20.8 Å². The average Bonchev–Trinajstić information content (AvgIpc) is 2.54. The van der Waals surface area contributed by atoms with Gasteiger partial charge in [-0.05, 0) is 36.6 Å². The highest BCUT2D eigenvalue weighted by Gasteiger charge is 2.24. The minimum atomic E-state index is 0.397. The quantitative estimate of drug-likeness (QED) is 0.866. The van der Waals surface area contributed by atoms with Crippen LogP contribution in [0.25, 0.3) is 0 Å². The maximum Gasteiger partial charge on any atom is 0.164 e. The Kier molecular flexibility index (Phi) is 3.95. The van der Waals surface area contributed by atoms with E-state index in [2.05, 4.69) is 11.1 Å². The minimum absolute atomic E-state index is 0.397. The monoisotopic (exact) mass is 285 g/mol. The third-order valence-electron chi connectivity index (χ3n) is 3.80. The van der Waals surface area contributed by atoms with Gasteiger partial charge in [-0.3, -0.25) is 4.98 Å². The second kappa shape index (κ2) is 6.04. The number of rotatable bonds is 4. The smallest absolute Gasteiger partial charge is 0.164 e. The van der Waals surface area contributed by atoms with Crippen molar-refractivity contribution in [3.05, 3.63) is 47.8 Å². The Balaban J connectivity index is 1.78. The number of benzene rings is 1. The molecule has 1 aliphatic rings. The molecular weight excluding hydrogens is 266 g/mol. The number of pyridine rings is 1. The van der Waals surface area contributed by atoms with Crippen LogP contribution in [0.3, 0.4) is 0 Å². The average molecular weight is 285 g/mol. The fourth-order valence-corrected chi connectivity index (χ4v) is 2.78. The van der Waals surface area contributed by atoms with Crippen molar-refractivity contribution < 1.29 is 14.2 Å². The molecule has 4 nitrogen and oxygen atoms in total. The lowest BCUT2D eigenvalue weighted by molar-refractivity contribution is 0.209. The number of aromatic nitrogens is 1. The molecule has 0 unspecified atom stereocenters. The standard InChI is InChI=1S/C17H19NO3/c1-19-15-7-4-8-18-14(15)10-12-9-13-5-3-6-16(20-2)17(13)21-11-12/h3-8,12H,9-11H2,1-2H3/t12-/m1/s1. The zero-order valence-electron chi connectivity index (χ0n) is 12.3. The number of nitrogens with zero attached hydrogens (tertiary/aromatic N) is 1. The molecule has 0 bridgehead atoms. The van der Waals surface area contributed by atoms with Gasteiger partial charge >= 0.3 is 0 Å². The highest BCUT2D eigenvalue weighted by atomic mass is 16.5. The van der Waals surface area contributed by atoms with Crippen molar-refractivity contribution in [3.8, 4) is 17.2 Å². The van der Waals surface area contributed by atoms with E-state index in [1.165, 1.54) is 5.56 Å². The number of para-hydroxylation sites is 1. The van der Waals surface area contributed by atoms with E-state index in [9.17, 15) is 0 Å². The van der Waals surface area contributed by atoms with Crippen LogP contribution in [0, 0.1) is 5.92 Å². The second-order valence-electron chi connectivity index (χ2n) is 5.19. The fraction of sp³-hybridized carbons (Fsp3) is 0.353. The van der Waals surface area contributed by atoms with E-state index in [1.807, 2.05) is 24.3 Å². The predicted molar refractivity (Wildman–Crippen MR) is 80.2 cm³/mol. The van der Waals surface area contributed by atoms with Crippen molar-refractivity contribution >= 4 is 0 Å². The minimum Gasteiger partial charge on any atom is -0.495 e.